The number of carbonyl (C=O) groups is 1. The first-order chi connectivity index (χ1) is 12.4. The van der Waals surface area contributed by atoms with Gasteiger partial charge in [0.15, 0.2) is 4.80 Å². The van der Waals surface area contributed by atoms with E-state index in [1.54, 1.807) is 18.2 Å². The van der Waals surface area contributed by atoms with Gasteiger partial charge in [0.05, 0.1) is 16.3 Å². The highest BCUT2D eigenvalue weighted by Gasteiger charge is 2.14. The van der Waals surface area contributed by atoms with Crippen LogP contribution in [0.4, 0.5) is 0 Å². The molecule has 26 heavy (non-hydrogen) atoms. The molecule has 1 amide bonds. The summed E-state index contributed by atoms with van der Waals surface area (Å²) in [5.74, 6) is -0.377. The lowest BCUT2D eigenvalue weighted by molar-refractivity contribution is 0.0998. The molecule has 0 radical (unpaired) electrons. The zero-order chi connectivity index (χ0) is 18.8. The summed E-state index contributed by atoms with van der Waals surface area (Å²) in [4.78, 5) is 18.7. The summed E-state index contributed by atoms with van der Waals surface area (Å²) in [6, 6.07) is 12.9. The molecule has 3 rings (SSSR count). The lowest BCUT2D eigenvalue weighted by Gasteiger charge is -2.08. The van der Waals surface area contributed by atoms with Crippen molar-refractivity contribution in [2.45, 2.75) is 20.4 Å². The van der Waals surface area contributed by atoms with Gasteiger partial charge in [-0.25, -0.2) is 0 Å². The third-order valence-corrected chi connectivity index (χ3v) is 5.94. The van der Waals surface area contributed by atoms with Gasteiger partial charge in [-0.1, -0.05) is 51.3 Å². The average molecular weight is 470 g/mol. The van der Waals surface area contributed by atoms with Crippen LogP contribution in [0.5, 0.6) is 0 Å². The third-order valence-electron chi connectivity index (χ3n) is 3.87. The molecular formula is C19H15BrCl2N2OS. The molecule has 0 atom stereocenters. The normalized spacial score (nSPS) is 11.8. The number of nitrogens with zero attached hydrogens (tertiary/aromatic N) is 2. The molecule has 0 N–H and O–H groups in total. The van der Waals surface area contributed by atoms with Crippen molar-refractivity contribution in [1.29, 1.82) is 0 Å². The Hall–Kier alpha value is -1.40. The fraction of sp³-hybridized carbons (Fsp3) is 0.158. The highest BCUT2D eigenvalue weighted by atomic mass is 79.9. The summed E-state index contributed by atoms with van der Waals surface area (Å²) < 4.78 is 3.07. The molecule has 1 heterocycles. The Morgan fingerprint density at radius 2 is 1.88 bits per heavy atom. The van der Waals surface area contributed by atoms with Crippen molar-refractivity contribution in [3.8, 4) is 11.3 Å². The third kappa shape index (κ3) is 3.96. The Labute approximate surface area is 174 Å². The quantitative estimate of drug-likeness (QED) is 0.439. The molecule has 2 aromatic carbocycles. The number of hydrogen-bond donors (Lipinski definition) is 0. The van der Waals surface area contributed by atoms with Crippen LogP contribution >= 0.6 is 50.5 Å². The minimum Gasteiger partial charge on any atom is -0.316 e. The van der Waals surface area contributed by atoms with Gasteiger partial charge in [0.25, 0.3) is 5.91 Å². The molecule has 0 bridgehead atoms. The van der Waals surface area contributed by atoms with Crippen LogP contribution in [-0.4, -0.2) is 10.5 Å². The largest absolute Gasteiger partial charge is 0.316 e. The first-order valence-electron chi connectivity index (χ1n) is 7.91. The van der Waals surface area contributed by atoms with Gasteiger partial charge in [-0.3, -0.25) is 4.79 Å². The first kappa shape index (κ1) is 19.4. The molecule has 3 nitrogen and oxygen atoms in total. The second kappa shape index (κ2) is 8.09. The molecule has 0 aliphatic rings. The smallest absolute Gasteiger partial charge is 0.281 e. The number of hydrogen-bond acceptors (Lipinski definition) is 2. The molecule has 0 unspecified atom stereocenters. The Morgan fingerprint density at radius 3 is 2.50 bits per heavy atom. The maximum atomic E-state index is 12.6. The van der Waals surface area contributed by atoms with Crippen molar-refractivity contribution in [2.75, 3.05) is 0 Å². The molecule has 0 spiro atoms. The van der Waals surface area contributed by atoms with Crippen molar-refractivity contribution in [2.24, 2.45) is 4.99 Å². The highest BCUT2D eigenvalue weighted by Crippen LogP contribution is 2.27. The molecule has 0 saturated heterocycles. The molecule has 134 valence electrons. The highest BCUT2D eigenvalue weighted by molar-refractivity contribution is 9.10. The fourth-order valence-electron chi connectivity index (χ4n) is 2.68. The van der Waals surface area contributed by atoms with Crippen molar-refractivity contribution in [1.82, 2.24) is 4.57 Å². The van der Waals surface area contributed by atoms with Crippen LogP contribution in [0.3, 0.4) is 0 Å². The predicted molar refractivity (Wildman–Crippen MR) is 112 cm³/mol. The van der Waals surface area contributed by atoms with E-state index in [4.69, 9.17) is 23.2 Å². The number of halogens is 3. The van der Waals surface area contributed by atoms with E-state index < -0.39 is 0 Å². The first-order valence-corrected chi connectivity index (χ1v) is 10.3. The summed E-state index contributed by atoms with van der Waals surface area (Å²) in [6.07, 6.45) is 0. The summed E-state index contributed by atoms with van der Waals surface area (Å²) in [7, 11) is 0. The predicted octanol–water partition coefficient (Wildman–Crippen LogP) is 6.36. The molecule has 1 aromatic heterocycles. The standard InChI is InChI=1S/C19H15BrCl2N2OS/c1-3-24-17(12-4-6-13(20)7-5-12)11(2)26-19(24)23-18(25)15-9-8-14(21)10-16(15)22/h4-10H,3H2,1-2H3. The molecule has 3 aromatic rings. The van der Waals surface area contributed by atoms with Gasteiger partial charge >= 0.3 is 0 Å². The van der Waals surface area contributed by atoms with Gasteiger partial charge in [-0.05, 0) is 49.7 Å². The van der Waals surface area contributed by atoms with E-state index in [1.165, 1.54) is 11.3 Å². The van der Waals surface area contributed by atoms with Gasteiger partial charge in [-0.2, -0.15) is 4.99 Å². The van der Waals surface area contributed by atoms with Crippen LogP contribution in [0.25, 0.3) is 11.3 Å². The van der Waals surface area contributed by atoms with E-state index in [0.29, 0.717) is 27.0 Å². The van der Waals surface area contributed by atoms with E-state index in [2.05, 4.69) is 20.9 Å². The molecule has 0 aliphatic heterocycles. The van der Waals surface area contributed by atoms with E-state index in [1.807, 2.05) is 42.7 Å². The Bertz CT molecular complexity index is 1040. The number of aromatic nitrogens is 1. The summed E-state index contributed by atoms with van der Waals surface area (Å²) in [5.41, 5.74) is 2.50. The molecule has 7 heteroatoms. The number of benzene rings is 2. The number of amides is 1. The minimum absolute atomic E-state index is 0.302. The van der Waals surface area contributed by atoms with Crippen molar-refractivity contribution < 1.29 is 4.79 Å². The number of carbonyl (C=O) groups excluding carboxylic acids is 1. The van der Waals surface area contributed by atoms with Gasteiger partial charge in [0.1, 0.15) is 0 Å². The van der Waals surface area contributed by atoms with Crippen molar-refractivity contribution in [3.63, 3.8) is 0 Å². The van der Waals surface area contributed by atoms with Gasteiger partial charge < -0.3 is 4.57 Å². The molecule has 0 aliphatic carbocycles. The summed E-state index contributed by atoms with van der Waals surface area (Å²) in [6.45, 7) is 4.77. The number of rotatable bonds is 3. The second-order valence-electron chi connectivity index (χ2n) is 5.58. The zero-order valence-electron chi connectivity index (χ0n) is 14.1. The Morgan fingerprint density at radius 1 is 1.19 bits per heavy atom. The van der Waals surface area contributed by atoms with Gasteiger partial charge in [-0.15, -0.1) is 11.3 Å². The maximum absolute atomic E-state index is 12.6. The van der Waals surface area contributed by atoms with Gasteiger partial charge in [0.2, 0.25) is 0 Å². The van der Waals surface area contributed by atoms with E-state index in [0.717, 1.165) is 20.6 Å². The topological polar surface area (TPSA) is 34.4 Å². The Kier molecular flexibility index (Phi) is 6.03. The van der Waals surface area contributed by atoms with Crippen molar-refractivity contribution in [3.05, 3.63) is 72.2 Å². The molecule has 0 fully saturated rings. The SMILES string of the molecule is CCn1c(-c2ccc(Br)cc2)c(C)sc1=NC(=O)c1ccc(Cl)cc1Cl. The molecule has 0 saturated carbocycles. The molecular weight excluding hydrogens is 455 g/mol. The van der Waals surface area contributed by atoms with E-state index in [9.17, 15) is 4.79 Å². The van der Waals surface area contributed by atoms with Crippen LogP contribution in [0, 0.1) is 6.92 Å². The minimum atomic E-state index is -0.377. The average Bonchev–Trinajstić information content (AvgIpc) is 2.90. The van der Waals surface area contributed by atoms with Crippen molar-refractivity contribution >= 4 is 56.4 Å². The number of aryl methyl sites for hydroxylation is 1. The van der Waals surface area contributed by atoms with E-state index >= 15 is 0 Å². The maximum Gasteiger partial charge on any atom is 0.281 e. The van der Waals surface area contributed by atoms with Crippen LogP contribution in [-0.2, 0) is 6.54 Å². The monoisotopic (exact) mass is 468 g/mol. The number of thiazole rings is 1. The summed E-state index contributed by atoms with van der Waals surface area (Å²) >= 11 is 17.0. The van der Waals surface area contributed by atoms with Crippen LogP contribution in [0.1, 0.15) is 22.2 Å². The Balaban J connectivity index is 2.11. The van der Waals surface area contributed by atoms with Crippen LogP contribution < -0.4 is 4.80 Å². The fourth-order valence-corrected chi connectivity index (χ4v) is 4.49. The second-order valence-corrected chi connectivity index (χ2v) is 8.52. The summed E-state index contributed by atoms with van der Waals surface area (Å²) in [5, 5.41) is 0.787. The van der Waals surface area contributed by atoms with Gasteiger partial charge in [0, 0.05) is 20.9 Å². The zero-order valence-corrected chi connectivity index (χ0v) is 18.0. The van der Waals surface area contributed by atoms with Crippen LogP contribution in [0.2, 0.25) is 10.0 Å². The lowest BCUT2D eigenvalue weighted by Crippen LogP contribution is -2.17. The van der Waals surface area contributed by atoms with E-state index in [-0.39, 0.29) is 5.91 Å². The lowest BCUT2D eigenvalue weighted by atomic mass is 10.1. The van der Waals surface area contributed by atoms with Crippen LogP contribution in [0.15, 0.2) is 51.9 Å².